The van der Waals surface area contributed by atoms with Gasteiger partial charge in [0.05, 0.1) is 19.0 Å². The maximum absolute atomic E-state index is 5.09. The molecule has 0 fully saturated rings. The molecule has 5 nitrogen and oxygen atoms in total. The molecule has 0 saturated heterocycles. The monoisotopic (exact) mass is 266 g/mol. The molecule has 0 radical (unpaired) electrons. The standard InChI is InChI=1S/C15H14N4O/c1-20-14-6-7-15(16-11-14)18-12-4-2-5-13(10-12)19-9-3-8-17-19/h2-11H,1H3,(H,16,18). The van der Waals surface area contributed by atoms with Gasteiger partial charge in [-0.1, -0.05) is 6.07 Å². The summed E-state index contributed by atoms with van der Waals surface area (Å²) in [6.07, 6.45) is 5.34. The van der Waals surface area contributed by atoms with Crippen molar-refractivity contribution in [3.05, 3.63) is 61.1 Å². The average Bonchev–Trinajstić information content (AvgIpc) is 3.03. The summed E-state index contributed by atoms with van der Waals surface area (Å²) in [5.74, 6) is 1.50. The van der Waals surface area contributed by atoms with Gasteiger partial charge >= 0.3 is 0 Å². The van der Waals surface area contributed by atoms with Crippen LogP contribution in [-0.2, 0) is 0 Å². The van der Waals surface area contributed by atoms with Gasteiger partial charge in [0.25, 0.3) is 0 Å². The molecule has 0 bridgehead atoms. The molecule has 0 saturated carbocycles. The predicted molar refractivity (Wildman–Crippen MR) is 77.6 cm³/mol. The van der Waals surface area contributed by atoms with Crippen LogP contribution in [0.4, 0.5) is 11.5 Å². The third-order valence-electron chi connectivity index (χ3n) is 2.86. The van der Waals surface area contributed by atoms with Gasteiger partial charge in [0.15, 0.2) is 0 Å². The van der Waals surface area contributed by atoms with Crippen LogP contribution in [0.2, 0.25) is 0 Å². The highest BCUT2D eigenvalue weighted by Crippen LogP contribution is 2.19. The second kappa shape index (κ2) is 5.44. The van der Waals surface area contributed by atoms with E-state index in [2.05, 4.69) is 15.4 Å². The Kier molecular flexibility index (Phi) is 3.33. The number of methoxy groups -OCH3 is 1. The Morgan fingerprint density at radius 1 is 1.15 bits per heavy atom. The lowest BCUT2D eigenvalue weighted by molar-refractivity contribution is 0.413. The van der Waals surface area contributed by atoms with E-state index in [9.17, 15) is 0 Å². The molecule has 0 aliphatic rings. The Bertz CT molecular complexity index is 677. The predicted octanol–water partition coefficient (Wildman–Crippen LogP) is 3.02. The number of ether oxygens (including phenoxy) is 1. The normalized spacial score (nSPS) is 10.2. The smallest absolute Gasteiger partial charge is 0.137 e. The third kappa shape index (κ3) is 2.61. The molecule has 1 aromatic carbocycles. The van der Waals surface area contributed by atoms with E-state index < -0.39 is 0 Å². The first-order chi connectivity index (χ1) is 9.85. The van der Waals surface area contributed by atoms with Gasteiger partial charge in [-0.15, -0.1) is 0 Å². The molecule has 0 atom stereocenters. The highest BCUT2D eigenvalue weighted by molar-refractivity contribution is 5.59. The Balaban J connectivity index is 1.82. The maximum Gasteiger partial charge on any atom is 0.137 e. The van der Waals surface area contributed by atoms with Crippen LogP contribution < -0.4 is 10.1 Å². The molecule has 20 heavy (non-hydrogen) atoms. The zero-order valence-electron chi connectivity index (χ0n) is 11.0. The van der Waals surface area contributed by atoms with Gasteiger partial charge in [-0.25, -0.2) is 9.67 Å². The lowest BCUT2D eigenvalue weighted by Gasteiger charge is -2.08. The van der Waals surface area contributed by atoms with E-state index in [1.165, 1.54) is 0 Å². The number of aromatic nitrogens is 3. The fourth-order valence-electron chi connectivity index (χ4n) is 1.87. The first-order valence-corrected chi connectivity index (χ1v) is 6.22. The van der Waals surface area contributed by atoms with Crippen molar-refractivity contribution in [2.45, 2.75) is 0 Å². The van der Waals surface area contributed by atoms with E-state index in [1.807, 2.05) is 53.3 Å². The van der Waals surface area contributed by atoms with Crippen molar-refractivity contribution in [1.29, 1.82) is 0 Å². The SMILES string of the molecule is COc1ccc(Nc2cccc(-n3cccn3)c2)nc1. The summed E-state index contributed by atoms with van der Waals surface area (Å²) in [5, 5.41) is 7.46. The van der Waals surface area contributed by atoms with Gasteiger partial charge in [0, 0.05) is 18.1 Å². The van der Waals surface area contributed by atoms with Crippen molar-refractivity contribution in [2.24, 2.45) is 0 Å². The van der Waals surface area contributed by atoms with Gasteiger partial charge in [-0.2, -0.15) is 5.10 Å². The molecular weight excluding hydrogens is 252 g/mol. The minimum atomic E-state index is 0.737. The van der Waals surface area contributed by atoms with Crippen molar-refractivity contribution in [1.82, 2.24) is 14.8 Å². The molecule has 0 unspecified atom stereocenters. The van der Waals surface area contributed by atoms with Crippen LogP contribution in [-0.4, -0.2) is 21.9 Å². The summed E-state index contributed by atoms with van der Waals surface area (Å²) in [6.45, 7) is 0. The zero-order chi connectivity index (χ0) is 13.8. The fourth-order valence-corrected chi connectivity index (χ4v) is 1.87. The van der Waals surface area contributed by atoms with Crippen molar-refractivity contribution >= 4 is 11.5 Å². The largest absolute Gasteiger partial charge is 0.495 e. The van der Waals surface area contributed by atoms with E-state index in [1.54, 1.807) is 19.5 Å². The van der Waals surface area contributed by atoms with E-state index in [-0.39, 0.29) is 0 Å². The van der Waals surface area contributed by atoms with Crippen molar-refractivity contribution < 1.29 is 4.74 Å². The minimum Gasteiger partial charge on any atom is -0.495 e. The van der Waals surface area contributed by atoms with Crippen LogP contribution in [0.5, 0.6) is 5.75 Å². The van der Waals surface area contributed by atoms with Gasteiger partial charge in [0.1, 0.15) is 11.6 Å². The van der Waals surface area contributed by atoms with Crippen LogP contribution in [0, 0.1) is 0 Å². The second-order valence-corrected chi connectivity index (χ2v) is 4.21. The number of hydrogen-bond donors (Lipinski definition) is 1. The first-order valence-electron chi connectivity index (χ1n) is 6.22. The summed E-state index contributed by atoms with van der Waals surface area (Å²) >= 11 is 0. The molecule has 2 heterocycles. The minimum absolute atomic E-state index is 0.737. The van der Waals surface area contributed by atoms with Crippen LogP contribution in [0.25, 0.3) is 5.69 Å². The molecule has 3 rings (SSSR count). The Labute approximate surface area is 116 Å². The Morgan fingerprint density at radius 2 is 2.10 bits per heavy atom. The first kappa shape index (κ1) is 12.2. The number of benzene rings is 1. The second-order valence-electron chi connectivity index (χ2n) is 4.21. The van der Waals surface area contributed by atoms with E-state index >= 15 is 0 Å². The summed E-state index contributed by atoms with van der Waals surface area (Å²) in [7, 11) is 1.62. The molecule has 5 heteroatoms. The highest BCUT2D eigenvalue weighted by atomic mass is 16.5. The third-order valence-corrected chi connectivity index (χ3v) is 2.86. The van der Waals surface area contributed by atoms with Crippen molar-refractivity contribution in [3.63, 3.8) is 0 Å². The molecule has 2 aromatic heterocycles. The van der Waals surface area contributed by atoms with Crippen LogP contribution in [0.1, 0.15) is 0 Å². The Hall–Kier alpha value is -2.82. The van der Waals surface area contributed by atoms with E-state index in [0.717, 1.165) is 22.9 Å². The molecule has 0 amide bonds. The fraction of sp³-hybridized carbons (Fsp3) is 0.0667. The van der Waals surface area contributed by atoms with Crippen LogP contribution >= 0.6 is 0 Å². The molecular formula is C15H14N4O. The maximum atomic E-state index is 5.09. The van der Waals surface area contributed by atoms with Crippen molar-refractivity contribution in [3.8, 4) is 11.4 Å². The molecule has 100 valence electrons. The van der Waals surface area contributed by atoms with Crippen LogP contribution in [0.15, 0.2) is 61.1 Å². The quantitative estimate of drug-likeness (QED) is 0.788. The summed E-state index contributed by atoms with van der Waals surface area (Å²) in [6, 6.07) is 13.6. The molecule has 1 N–H and O–H groups in total. The number of nitrogens with zero attached hydrogens (tertiary/aromatic N) is 3. The van der Waals surface area contributed by atoms with E-state index in [0.29, 0.717) is 0 Å². The number of pyridine rings is 1. The number of hydrogen-bond acceptors (Lipinski definition) is 4. The molecule has 0 aliphatic heterocycles. The van der Waals surface area contributed by atoms with Gasteiger partial charge in [-0.05, 0) is 36.4 Å². The summed E-state index contributed by atoms with van der Waals surface area (Å²) in [4.78, 5) is 4.28. The zero-order valence-corrected chi connectivity index (χ0v) is 11.0. The Morgan fingerprint density at radius 3 is 2.80 bits per heavy atom. The van der Waals surface area contributed by atoms with Crippen LogP contribution in [0.3, 0.4) is 0 Å². The van der Waals surface area contributed by atoms with Gasteiger partial charge in [-0.3, -0.25) is 0 Å². The summed E-state index contributed by atoms with van der Waals surface area (Å²) in [5.41, 5.74) is 1.95. The summed E-state index contributed by atoms with van der Waals surface area (Å²) < 4.78 is 6.90. The number of rotatable bonds is 4. The lowest BCUT2D eigenvalue weighted by atomic mass is 10.2. The van der Waals surface area contributed by atoms with Gasteiger partial charge < -0.3 is 10.1 Å². The van der Waals surface area contributed by atoms with Crippen molar-refractivity contribution in [2.75, 3.05) is 12.4 Å². The van der Waals surface area contributed by atoms with Gasteiger partial charge in [0.2, 0.25) is 0 Å². The topological polar surface area (TPSA) is 52.0 Å². The van der Waals surface area contributed by atoms with E-state index in [4.69, 9.17) is 4.74 Å². The number of anilines is 2. The number of nitrogens with one attached hydrogen (secondary N) is 1. The highest BCUT2D eigenvalue weighted by Gasteiger charge is 2.00. The molecule has 0 spiro atoms. The average molecular weight is 266 g/mol. The molecule has 3 aromatic rings. The molecule has 0 aliphatic carbocycles. The lowest BCUT2D eigenvalue weighted by Crippen LogP contribution is -1.97.